The summed E-state index contributed by atoms with van der Waals surface area (Å²) in [6.07, 6.45) is 0. The van der Waals surface area contributed by atoms with Crippen LogP contribution in [0.5, 0.6) is 0 Å². The molecule has 0 saturated carbocycles. The minimum Gasteiger partial charge on any atom is -0.462 e. The van der Waals surface area contributed by atoms with Crippen molar-refractivity contribution in [3.63, 3.8) is 0 Å². The quantitative estimate of drug-likeness (QED) is 0.684. The molecule has 0 aliphatic rings. The third-order valence-electron chi connectivity index (χ3n) is 3.90. The zero-order valence-corrected chi connectivity index (χ0v) is 15.1. The van der Waals surface area contributed by atoms with Crippen molar-refractivity contribution in [3.8, 4) is 0 Å². The van der Waals surface area contributed by atoms with Gasteiger partial charge in [0, 0.05) is 5.69 Å². The number of hydrogen-bond donors (Lipinski definition) is 2. The first-order chi connectivity index (χ1) is 12.0. The molecule has 3 aromatic rings. The molecule has 6 nitrogen and oxygen atoms in total. The van der Waals surface area contributed by atoms with Crippen molar-refractivity contribution in [2.75, 3.05) is 11.9 Å². The van der Waals surface area contributed by atoms with E-state index in [4.69, 9.17) is 4.74 Å². The number of aromatic nitrogens is 2. The second-order valence-electron chi connectivity index (χ2n) is 5.64. The molecule has 0 amide bonds. The first-order valence-electron chi connectivity index (χ1n) is 8.00. The Morgan fingerprint density at radius 2 is 2.08 bits per heavy atom. The number of rotatable bonds is 5. The molecular weight excluding hydrogens is 338 g/mol. The number of hydrogen-bond acceptors (Lipinski definition) is 6. The van der Waals surface area contributed by atoms with Crippen molar-refractivity contribution >= 4 is 33.2 Å². The molecule has 2 N–H and O–H groups in total. The third-order valence-corrected chi connectivity index (χ3v) is 5.07. The molecule has 130 valence electrons. The number of para-hydroxylation sites is 1. The van der Waals surface area contributed by atoms with Crippen LogP contribution in [-0.2, 0) is 11.3 Å². The Morgan fingerprint density at radius 3 is 2.80 bits per heavy atom. The molecule has 0 aliphatic heterocycles. The Hall–Kier alpha value is -2.67. The molecule has 0 atom stereocenters. The van der Waals surface area contributed by atoms with Gasteiger partial charge in [0.25, 0.3) is 5.56 Å². The van der Waals surface area contributed by atoms with Crippen LogP contribution in [0.1, 0.15) is 33.5 Å². The predicted octanol–water partition coefficient (Wildman–Crippen LogP) is 3.39. The topological polar surface area (TPSA) is 84.1 Å². The Balaban J connectivity index is 1.92. The van der Waals surface area contributed by atoms with Crippen molar-refractivity contribution < 1.29 is 9.53 Å². The number of nitrogens with one attached hydrogen (secondary N) is 2. The molecule has 0 spiro atoms. The summed E-state index contributed by atoms with van der Waals surface area (Å²) in [4.78, 5) is 32.7. The van der Waals surface area contributed by atoms with E-state index in [9.17, 15) is 9.59 Å². The number of anilines is 1. The summed E-state index contributed by atoms with van der Waals surface area (Å²) in [5, 5.41) is 3.72. The number of aryl methyl sites for hydroxylation is 2. The smallest absolute Gasteiger partial charge is 0.348 e. The van der Waals surface area contributed by atoms with Gasteiger partial charge in [0.05, 0.1) is 18.5 Å². The van der Waals surface area contributed by atoms with Gasteiger partial charge in [-0.1, -0.05) is 18.2 Å². The van der Waals surface area contributed by atoms with Gasteiger partial charge in [-0.2, -0.15) is 0 Å². The Bertz CT molecular complexity index is 991. The van der Waals surface area contributed by atoms with E-state index >= 15 is 0 Å². The molecule has 0 aliphatic carbocycles. The largest absolute Gasteiger partial charge is 0.462 e. The lowest BCUT2D eigenvalue weighted by Gasteiger charge is -2.08. The minimum atomic E-state index is -0.415. The monoisotopic (exact) mass is 357 g/mol. The van der Waals surface area contributed by atoms with Crippen molar-refractivity contribution in [1.82, 2.24) is 9.97 Å². The number of carbonyl (C=O) groups is 1. The summed E-state index contributed by atoms with van der Waals surface area (Å²) in [6, 6.07) is 7.90. The molecule has 0 fully saturated rings. The highest BCUT2D eigenvalue weighted by atomic mass is 32.1. The first-order valence-corrected chi connectivity index (χ1v) is 8.81. The van der Waals surface area contributed by atoms with Crippen LogP contribution >= 0.6 is 11.3 Å². The highest BCUT2D eigenvalue weighted by Crippen LogP contribution is 2.27. The number of fused-ring (bicyclic) bond motifs is 1. The van der Waals surface area contributed by atoms with Crippen LogP contribution in [0.2, 0.25) is 0 Å². The van der Waals surface area contributed by atoms with Crippen LogP contribution in [0.25, 0.3) is 10.2 Å². The molecule has 25 heavy (non-hydrogen) atoms. The number of nitrogens with zero attached hydrogens (tertiary/aromatic N) is 1. The molecule has 0 radical (unpaired) electrons. The molecule has 0 bridgehead atoms. The fourth-order valence-corrected chi connectivity index (χ4v) is 3.71. The molecular formula is C18H19N3O3S. The fraction of sp³-hybridized carbons (Fsp3) is 0.278. The Kier molecular flexibility index (Phi) is 4.85. The number of aromatic amines is 1. The predicted molar refractivity (Wildman–Crippen MR) is 99.4 cm³/mol. The highest BCUT2D eigenvalue weighted by Gasteiger charge is 2.20. The van der Waals surface area contributed by atoms with Gasteiger partial charge in [-0.05, 0) is 38.0 Å². The van der Waals surface area contributed by atoms with E-state index < -0.39 is 5.97 Å². The van der Waals surface area contributed by atoms with Crippen LogP contribution in [0.15, 0.2) is 29.1 Å². The molecule has 2 heterocycles. The summed E-state index contributed by atoms with van der Waals surface area (Å²) < 4.78 is 5.05. The summed E-state index contributed by atoms with van der Waals surface area (Å²) in [5.74, 6) is 0.111. The summed E-state index contributed by atoms with van der Waals surface area (Å²) in [7, 11) is 0. The number of thiophene rings is 1. The molecule has 3 rings (SSSR count). The number of benzene rings is 1. The van der Waals surface area contributed by atoms with Crippen LogP contribution < -0.4 is 10.9 Å². The van der Waals surface area contributed by atoms with E-state index in [1.165, 1.54) is 11.3 Å². The van der Waals surface area contributed by atoms with Gasteiger partial charge in [0.15, 0.2) is 0 Å². The number of carbonyl (C=O) groups excluding carboxylic acids is 1. The van der Waals surface area contributed by atoms with Gasteiger partial charge in [-0.25, -0.2) is 9.78 Å². The first kappa shape index (κ1) is 17.2. The van der Waals surface area contributed by atoms with Crippen LogP contribution in [0, 0.1) is 13.8 Å². The van der Waals surface area contributed by atoms with E-state index in [0.29, 0.717) is 39.6 Å². The van der Waals surface area contributed by atoms with Crippen molar-refractivity contribution in [3.05, 3.63) is 56.4 Å². The second-order valence-corrected chi connectivity index (χ2v) is 6.64. The lowest BCUT2D eigenvalue weighted by atomic mass is 10.2. The average molecular weight is 357 g/mol. The van der Waals surface area contributed by atoms with Gasteiger partial charge >= 0.3 is 5.97 Å². The normalized spacial score (nSPS) is 10.8. The van der Waals surface area contributed by atoms with Crippen LogP contribution in [0.3, 0.4) is 0 Å². The Morgan fingerprint density at radius 1 is 1.32 bits per heavy atom. The average Bonchev–Trinajstić information content (AvgIpc) is 2.92. The standard InChI is InChI=1S/C18H19N3O3S/c1-4-24-18(23)15-11(3)14-16(22)20-13(21-17(14)25-15)9-19-12-8-6-5-7-10(12)2/h5-8,19H,4,9H2,1-3H3,(H,20,21,22). The van der Waals surface area contributed by atoms with E-state index in [0.717, 1.165) is 11.3 Å². The zero-order chi connectivity index (χ0) is 18.0. The number of ether oxygens (including phenoxy) is 1. The van der Waals surface area contributed by atoms with Gasteiger partial charge < -0.3 is 15.0 Å². The van der Waals surface area contributed by atoms with E-state index in [-0.39, 0.29) is 5.56 Å². The second kappa shape index (κ2) is 7.06. The maximum absolute atomic E-state index is 12.4. The van der Waals surface area contributed by atoms with Gasteiger partial charge in [0.2, 0.25) is 0 Å². The zero-order valence-electron chi connectivity index (χ0n) is 14.3. The summed E-state index contributed by atoms with van der Waals surface area (Å²) in [6.45, 7) is 6.19. The SMILES string of the molecule is CCOC(=O)c1sc2nc(CNc3ccccc3C)[nH]c(=O)c2c1C. The molecule has 7 heteroatoms. The van der Waals surface area contributed by atoms with Gasteiger partial charge in [0.1, 0.15) is 15.5 Å². The molecule has 1 aromatic carbocycles. The Labute approximate surface area is 148 Å². The molecule has 0 unspecified atom stereocenters. The summed E-state index contributed by atoms with van der Waals surface area (Å²) in [5.41, 5.74) is 2.48. The van der Waals surface area contributed by atoms with Gasteiger partial charge in [-0.3, -0.25) is 4.79 Å². The van der Waals surface area contributed by atoms with Crippen molar-refractivity contribution in [1.29, 1.82) is 0 Å². The number of esters is 1. The maximum atomic E-state index is 12.4. The highest BCUT2D eigenvalue weighted by molar-refractivity contribution is 7.20. The van der Waals surface area contributed by atoms with Crippen LogP contribution in [0.4, 0.5) is 5.69 Å². The fourth-order valence-electron chi connectivity index (χ4n) is 2.61. The van der Waals surface area contributed by atoms with E-state index in [1.807, 2.05) is 31.2 Å². The lowest BCUT2D eigenvalue weighted by molar-refractivity contribution is 0.0531. The summed E-state index contributed by atoms with van der Waals surface area (Å²) >= 11 is 1.19. The lowest BCUT2D eigenvalue weighted by Crippen LogP contribution is -2.14. The third kappa shape index (κ3) is 3.41. The van der Waals surface area contributed by atoms with E-state index in [1.54, 1.807) is 13.8 Å². The maximum Gasteiger partial charge on any atom is 0.348 e. The van der Waals surface area contributed by atoms with Gasteiger partial charge in [-0.15, -0.1) is 11.3 Å². The van der Waals surface area contributed by atoms with Crippen molar-refractivity contribution in [2.45, 2.75) is 27.3 Å². The van der Waals surface area contributed by atoms with E-state index in [2.05, 4.69) is 15.3 Å². The minimum absolute atomic E-state index is 0.240. The van der Waals surface area contributed by atoms with Crippen LogP contribution in [-0.4, -0.2) is 22.5 Å². The molecule has 0 saturated heterocycles. The molecule has 2 aromatic heterocycles. The van der Waals surface area contributed by atoms with Crippen molar-refractivity contribution in [2.24, 2.45) is 0 Å². The number of H-pyrrole nitrogens is 1.